The Hall–Kier alpha value is 0.270. The van der Waals surface area contributed by atoms with Gasteiger partial charge < -0.3 is 9.84 Å². The number of aliphatic hydroxyl groups is 1. The molecule has 0 aliphatic heterocycles. The molecule has 0 aliphatic rings. The molecule has 0 radical (unpaired) electrons. The Morgan fingerprint density at radius 2 is 2.08 bits per heavy atom. The van der Waals surface area contributed by atoms with Crippen LogP contribution >= 0.6 is 11.8 Å². The van der Waals surface area contributed by atoms with Gasteiger partial charge in [-0.3, -0.25) is 0 Å². The molecule has 0 amide bonds. The molecule has 3 heteroatoms. The van der Waals surface area contributed by atoms with Crippen LogP contribution in [-0.4, -0.2) is 35.4 Å². The van der Waals surface area contributed by atoms with Crippen molar-refractivity contribution in [3.05, 3.63) is 0 Å². The van der Waals surface area contributed by atoms with Crippen molar-refractivity contribution in [1.82, 2.24) is 0 Å². The highest BCUT2D eigenvalue weighted by Crippen LogP contribution is 2.14. The van der Waals surface area contributed by atoms with E-state index in [9.17, 15) is 5.11 Å². The van der Waals surface area contributed by atoms with Gasteiger partial charge in [-0.05, 0) is 26.0 Å². The van der Waals surface area contributed by atoms with Crippen LogP contribution in [0.15, 0.2) is 0 Å². The summed E-state index contributed by atoms with van der Waals surface area (Å²) in [6, 6.07) is 0. The van der Waals surface area contributed by atoms with Gasteiger partial charge in [-0.2, -0.15) is 11.8 Å². The first-order valence-electron chi connectivity index (χ1n) is 4.56. The SMILES string of the molecule is CCOCCCSC(C)C(C)O. The highest BCUT2D eigenvalue weighted by molar-refractivity contribution is 7.99. The van der Waals surface area contributed by atoms with Gasteiger partial charge >= 0.3 is 0 Å². The van der Waals surface area contributed by atoms with Crippen LogP contribution in [0.25, 0.3) is 0 Å². The van der Waals surface area contributed by atoms with Gasteiger partial charge in [0.2, 0.25) is 0 Å². The summed E-state index contributed by atoms with van der Waals surface area (Å²) in [5, 5.41) is 9.51. The maximum absolute atomic E-state index is 9.17. The van der Waals surface area contributed by atoms with Gasteiger partial charge in [0.15, 0.2) is 0 Å². The maximum Gasteiger partial charge on any atom is 0.0627 e. The fourth-order valence-corrected chi connectivity index (χ4v) is 1.65. The summed E-state index contributed by atoms with van der Waals surface area (Å²) in [6.07, 6.45) is 0.873. The molecule has 0 aromatic carbocycles. The number of aliphatic hydroxyl groups excluding tert-OH is 1. The molecule has 0 aliphatic carbocycles. The smallest absolute Gasteiger partial charge is 0.0627 e. The van der Waals surface area contributed by atoms with Crippen LogP contribution in [0.5, 0.6) is 0 Å². The second kappa shape index (κ2) is 7.90. The molecule has 0 saturated heterocycles. The third-order valence-corrected chi connectivity index (χ3v) is 3.14. The number of ether oxygens (including phenoxy) is 1. The first-order chi connectivity index (χ1) is 5.68. The van der Waals surface area contributed by atoms with E-state index in [0.717, 1.165) is 25.4 Å². The highest BCUT2D eigenvalue weighted by atomic mass is 32.2. The standard InChI is InChI=1S/C9H20O2S/c1-4-11-6-5-7-12-9(3)8(2)10/h8-10H,4-7H2,1-3H3. The van der Waals surface area contributed by atoms with Crippen LogP contribution in [0.3, 0.4) is 0 Å². The van der Waals surface area contributed by atoms with E-state index < -0.39 is 0 Å². The molecule has 0 bridgehead atoms. The lowest BCUT2D eigenvalue weighted by molar-refractivity contribution is 0.149. The Balaban J connectivity index is 3.08. The van der Waals surface area contributed by atoms with Gasteiger partial charge in [0.05, 0.1) is 6.10 Å². The second-order valence-electron chi connectivity index (χ2n) is 2.87. The monoisotopic (exact) mass is 192 g/mol. The molecule has 0 aromatic rings. The zero-order valence-corrected chi connectivity index (χ0v) is 9.06. The number of rotatable bonds is 7. The molecule has 74 valence electrons. The van der Waals surface area contributed by atoms with E-state index in [1.54, 1.807) is 11.8 Å². The van der Waals surface area contributed by atoms with E-state index in [2.05, 4.69) is 6.92 Å². The van der Waals surface area contributed by atoms with Gasteiger partial charge in [-0.25, -0.2) is 0 Å². The molecule has 0 saturated carbocycles. The Labute approximate surface area is 79.7 Å². The van der Waals surface area contributed by atoms with Crippen molar-refractivity contribution in [2.75, 3.05) is 19.0 Å². The molecule has 1 N–H and O–H groups in total. The van der Waals surface area contributed by atoms with Gasteiger partial charge in [0.1, 0.15) is 0 Å². The lowest BCUT2D eigenvalue weighted by Gasteiger charge is -2.13. The Morgan fingerprint density at radius 3 is 2.58 bits per heavy atom. The zero-order chi connectivity index (χ0) is 9.40. The second-order valence-corrected chi connectivity index (χ2v) is 4.35. The summed E-state index contributed by atoms with van der Waals surface area (Å²) >= 11 is 1.80. The van der Waals surface area contributed by atoms with E-state index in [0.29, 0.717) is 5.25 Å². The van der Waals surface area contributed by atoms with E-state index in [-0.39, 0.29) is 6.10 Å². The predicted molar refractivity (Wildman–Crippen MR) is 54.7 cm³/mol. The van der Waals surface area contributed by atoms with E-state index in [4.69, 9.17) is 4.74 Å². The maximum atomic E-state index is 9.17. The molecule has 0 aromatic heterocycles. The van der Waals surface area contributed by atoms with Crippen LogP contribution in [0.1, 0.15) is 27.2 Å². The molecule has 2 nitrogen and oxygen atoms in total. The summed E-state index contributed by atoms with van der Waals surface area (Å²) in [5.41, 5.74) is 0. The minimum Gasteiger partial charge on any atom is -0.392 e. The van der Waals surface area contributed by atoms with Crippen LogP contribution < -0.4 is 0 Å². The van der Waals surface area contributed by atoms with Gasteiger partial charge in [0, 0.05) is 18.5 Å². The Kier molecular flexibility index (Phi) is 8.07. The zero-order valence-electron chi connectivity index (χ0n) is 8.25. The van der Waals surface area contributed by atoms with Crippen molar-refractivity contribution >= 4 is 11.8 Å². The fraction of sp³-hybridized carbons (Fsp3) is 1.00. The number of thioether (sulfide) groups is 1. The van der Waals surface area contributed by atoms with E-state index in [1.165, 1.54) is 0 Å². The van der Waals surface area contributed by atoms with Crippen LogP contribution in [0.4, 0.5) is 0 Å². The first-order valence-corrected chi connectivity index (χ1v) is 5.60. The average Bonchev–Trinajstić information content (AvgIpc) is 2.03. The van der Waals surface area contributed by atoms with Crippen LogP contribution in [-0.2, 0) is 4.74 Å². The molecular formula is C9H20O2S. The molecule has 0 rings (SSSR count). The quantitative estimate of drug-likeness (QED) is 0.625. The number of hydrogen-bond acceptors (Lipinski definition) is 3. The van der Waals surface area contributed by atoms with E-state index >= 15 is 0 Å². The number of hydrogen-bond donors (Lipinski definition) is 1. The summed E-state index contributed by atoms with van der Waals surface area (Å²) in [6.45, 7) is 7.54. The van der Waals surface area contributed by atoms with Gasteiger partial charge in [-0.15, -0.1) is 0 Å². The average molecular weight is 192 g/mol. The van der Waals surface area contributed by atoms with Crippen molar-refractivity contribution in [2.45, 2.75) is 38.5 Å². The highest BCUT2D eigenvalue weighted by Gasteiger charge is 2.07. The molecule has 0 heterocycles. The largest absolute Gasteiger partial charge is 0.392 e. The topological polar surface area (TPSA) is 29.5 Å². The third-order valence-electron chi connectivity index (χ3n) is 1.70. The van der Waals surface area contributed by atoms with Crippen LogP contribution in [0, 0.1) is 0 Å². The first kappa shape index (κ1) is 12.3. The normalized spacial score (nSPS) is 16.0. The summed E-state index contributed by atoms with van der Waals surface area (Å²) in [5.74, 6) is 1.08. The minimum atomic E-state index is -0.206. The molecule has 2 atom stereocenters. The summed E-state index contributed by atoms with van der Waals surface area (Å²) in [4.78, 5) is 0. The van der Waals surface area contributed by atoms with Crippen molar-refractivity contribution in [1.29, 1.82) is 0 Å². The molecule has 0 spiro atoms. The van der Waals surface area contributed by atoms with Crippen molar-refractivity contribution < 1.29 is 9.84 Å². The van der Waals surface area contributed by atoms with Crippen molar-refractivity contribution in [2.24, 2.45) is 0 Å². The predicted octanol–water partition coefficient (Wildman–Crippen LogP) is 1.92. The minimum absolute atomic E-state index is 0.206. The molecular weight excluding hydrogens is 172 g/mol. The lowest BCUT2D eigenvalue weighted by atomic mass is 10.3. The third kappa shape index (κ3) is 6.95. The Morgan fingerprint density at radius 1 is 1.42 bits per heavy atom. The van der Waals surface area contributed by atoms with Crippen molar-refractivity contribution in [3.8, 4) is 0 Å². The summed E-state index contributed by atoms with van der Waals surface area (Å²) in [7, 11) is 0. The van der Waals surface area contributed by atoms with Gasteiger partial charge in [-0.1, -0.05) is 6.92 Å². The van der Waals surface area contributed by atoms with Gasteiger partial charge in [0.25, 0.3) is 0 Å². The van der Waals surface area contributed by atoms with Crippen LogP contribution in [0.2, 0.25) is 0 Å². The molecule has 0 fully saturated rings. The Bertz CT molecular complexity index is 96.5. The van der Waals surface area contributed by atoms with E-state index in [1.807, 2.05) is 13.8 Å². The van der Waals surface area contributed by atoms with Crippen molar-refractivity contribution in [3.63, 3.8) is 0 Å². The summed E-state index contributed by atoms with van der Waals surface area (Å²) < 4.78 is 5.20. The molecule has 12 heavy (non-hydrogen) atoms. The fourth-order valence-electron chi connectivity index (χ4n) is 0.714. The molecule has 2 unspecified atom stereocenters. The lowest BCUT2D eigenvalue weighted by Crippen LogP contribution is -2.15.